The first-order valence-corrected chi connectivity index (χ1v) is 7.67. The van der Waals surface area contributed by atoms with E-state index in [0.29, 0.717) is 12.3 Å². The minimum Gasteiger partial charge on any atom is -0.494 e. The molecule has 0 aliphatic rings. The summed E-state index contributed by atoms with van der Waals surface area (Å²) in [5.74, 6) is 0.617. The number of hydrogen-bond donors (Lipinski definition) is 0. The van der Waals surface area contributed by atoms with Gasteiger partial charge in [-0.25, -0.2) is 4.39 Å². The molecule has 21 heavy (non-hydrogen) atoms. The molecule has 1 unspecified atom stereocenters. The molecular weight excluding hydrogens is 310 g/mol. The van der Waals surface area contributed by atoms with Crippen molar-refractivity contribution in [3.05, 3.63) is 64.4 Å². The summed E-state index contributed by atoms with van der Waals surface area (Å²) in [5.41, 5.74) is 1.98. The van der Waals surface area contributed by atoms with Gasteiger partial charge in [0.1, 0.15) is 0 Å². The number of rotatable bonds is 6. The zero-order valence-electron chi connectivity index (χ0n) is 11.8. The predicted octanol–water partition coefficient (Wildman–Crippen LogP) is 5.13. The van der Waals surface area contributed by atoms with Crippen molar-refractivity contribution >= 4 is 23.2 Å². The van der Waals surface area contributed by atoms with Gasteiger partial charge in [-0.2, -0.15) is 0 Å². The van der Waals surface area contributed by atoms with E-state index in [-0.39, 0.29) is 17.5 Å². The molecule has 0 amide bonds. The van der Waals surface area contributed by atoms with Gasteiger partial charge in [0.15, 0.2) is 11.6 Å². The summed E-state index contributed by atoms with van der Waals surface area (Å²) in [6, 6.07) is 12.7. The van der Waals surface area contributed by atoms with E-state index >= 15 is 0 Å². The van der Waals surface area contributed by atoms with Crippen LogP contribution in [0.5, 0.6) is 5.75 Å². The maximum Gasteiger partial charge on any atom is 0.165 e. The minimum absolute atomic E-state index is 0.208. The SMILES string of the molecule is COc1ccc(CC(CCl)Cc2ccccc2Cl)cc1F. The molecule has 0 aromatic heterocycles. The van der Waals surface area contributed by atoms with Gasteiger partial charge in [0.25, 0.3) is 0 Å². The molecule has 0 bridgehead atoms. The monoisotopic (exact) mass is 326 g/mol. The molecule has 0 heterocycles. The van der Waals surface area contributed by atoms with Gasteiger partial charge in [0.05, 0.1) is 7.11 Å². The van der Waals surface area contributed by atoms with Crippen LogP contribution in [0.2, 0.25) is 5.02 Å². The fourth-order valence-electron chi connectivity index (χ4n) is 2.33. The zero-order valence-corrected chi connectivity index (χ0v) is 13.3. The van der Waals surface area contributed by atoms with Gasteiger partial charge >= 0.3 is 0 Å². The van der Waals surface area contributed by atoms with E-state index in [2.05, 4.69) is 0 Å². The van der Waals surface area contributed by atoms with E-state index in [1.165, 1.54) is 13.2 Å². The van der Waals surface area contributed by atoms with Crippen molar-refractivity contribution in [2.24, 2.45) is 5.92 Å². The van der Waals surface area contributed by atoms with Gasteiger partial charge in [-0.3, -0.25) is 0 Å². The van der Waals surface area contributed by atoms with Crippen molar-refractivity contribution in [1.29, 1.82) is 0 Å². The molecule has 4 heteroatoms. The molecule has 0 spiro atoms. The van der Waals surface area contributed by atoms with Crippen molar-refractivity contribution in [3.8, 4) is 5.75 Å². The third-order valence-electron chi connectivity index (χ3n) is 3.43. The summed E-state index contributed by atoms with van der Waals surface area (Å²) in [5, 5.41) is 0.744. The molecule has 0 aliphatic carbocycles. The highest BCUT2D eigenvalue weighted by Crippen LogP contribution is 2.24. The van der Waals surface area contributed by atoms with Gasteiger partial charge in [-0.15, -0.1) is 11.6 Å². The summed E-state index contributed by atoms with van der Waals surface area (Å²) in [7, 11) is 1.46. The third kappa shape index (κ3) is 4.36. The van der Waals surface area contributed by atoms with E-state index in [4.69, 9.17) is 27.9 Å². The lowest BCUT2D eigenvalue weighted by atomic mass is 9.94. The second kappa shape index (κ2) is 7.67. The second-order valence-electron chi connectivity index (χ2n) is 4.99. The number of halogens is 3. The number of hydrogen-bond acceptors (Lipinski definition) is 1. The largest absolute Gasteiger partial charge is 0.494 e. The molecule has 0 saturated carbocycles. The first-order valence-electron chi connectivity index (χ1n) is 6.75. The first-order chi connectivity index (χ1) is 10.1. The smallest absolute Gasteiger partial charge is 0.165 e. The molecule has 0 N–H and O–H groups in total. The average molecular weight is 327 g/mol. The molecule has 1 atom stereocenters. The Morgan fingerprint density at radius 3 is 2.52 bits per heavy atom. The van der Waals surface area contributed by atoms with Gasteiger partial charge in [0.2, 0.25) is 0 Å². The lowest BCUT2D eigenvalue weighted by Crippen LogP contribution is -2.10. The zero-order chi connectivity index (χ0) is 15.2. The molecule has 0 aliphatic heterocycles. The predicted molar refractivity (Wildman–Crippen MR) is 86.0 cm³/mol. The van der Waals surface area contributed by atoms with Crippen LogP contribution >= 0.6 is 23.2 Å². The van der Waals surface area contributed by atoms with Gasteiger partial charge < -0.3 is 4.74 Å². The summed E-state index contributed by atoms with van der Waals surface area (Å²) in [6.45, 7) is 0. The topological polar surface area (TPSA) is 9.23 Å². The Bertz CT molecular complexity index is 601. The molecule has 112 valence electrons. The van der Waals surface area contributed by atoms with E-state index < -0.39 is 0 Å². The second-order valence-corrected chi connectivity index (χ2v) is 5.70. The van der Waals surface area contributed by atoms with E-state index in [1.54, 1.807) is 6.07 Å². The van der Waals surface area contributed by atoms with Crippen LogP contribution in [0.4, 0.5) is 4.39 Å². The van der Waals surface area contributed by atoms with Gasteiger partial charge in [-0.05, 0) is 48.1 Å². The van der Waals surface area contributed by atoms with Crippen molar-refractivity contribution in [2.45, 2.75) is 12.8 Å². The van der Waals surface area contributed by atoms with Crippen LogP contribution in [0.25, 0.3) is 0 Å². The van der Waals surface area contributed by atoms with Crippen molar-refractivity contribution < 1.29 is 9.13 Å². The Balaban J connectivity index is 2.09. The first kappa shape index (κ1) is 16.1. The van der Waals surface area contributed by atoms with Crippen LogP contribution in [-0.2, 0) is 12.8 Å². The van der Waals surface area contributed by atoms with Crippen LogP contribution < -0.4 is 4.74 Å². The fourth-order valence-corrected chi connectivity index (χ4v) is 2.76. The summed E-state index contributed by atoms with van der Waals surface area (Å²) in [6.07, 6.45) is 1.48. The molecule has 0 radical (unpaired) electrons. The van der Waals surface area contributed by atoms with Crippen LogP contribution in [0, 0.1) is 11.7 Å². The standard InChI is InChI=1S/C17H17Cl2FO/c1-21-17-7-6-12(10-16(17)20)8-13(11-18)9-14-4-2-3-5-15(14)19/h2-7,10,13H,8-9,11H2,1H3. The highest BCUT2D eigenvalue weighted by atomic mass is 35.5. The number of benzene rings is 2. The highest BCUT2D eigenvalue weighted by Gasteiger charge is 2.13. The fraction of sp³-hybridized carbons (Fsp3) is 0.294. The Morgan fingerprint density at radius 2 is 1.90 bits per heavy atom. The summed E-state index contributed by atoms with van der Waals surface area (Å²) >= 11 is 12.2. The Morgan fingerprint density at radius 1 is 1.14 bits per heavy atom. The van der Waals surface area contributed by atoms with Crippen LogP contribution in [-0.4, -0.2) is 13.0 Å². The Kier molecular flexibility index (Phi) is 5.89. The van der Waals surface area contributed by atoms with Crippen LogP contribution in [0.15, 0.2) is 42.5 Å². The van der Waals surface area contributed by atoms with E-state index in [0.717, 1.165) is 22.6 Å². The maximum absolute atomic E-state index is 13.7. The molecule has 2 aromatic carbocycles. The number of alkyl halides is 1. The van der Waals surface area contributed by atoms with E-state index in [9.17, 15) is 4.39 Å². The van der Waals surface area contributed by atoms with Crippen molar-refractivity contribution in [3.63, 3.8) is 0 Å². The highest BCUT2D eigenvalue weighted by molar-refractivity contribution is 6.31. The average Bonchev–Trinajstić information content (AvgIpc) is 2.49. The third-order valence-corrected chi connectivity index (χ3v) is 4.23. The van der Waals surface area contributed by atoms with Gasteiger partial charge in [0, 0.05) is 10.9 Å². The van der Waals surface area contributed by atoms with Crippen molar-refractivity contribution in [1.82, 2.24) is 0 Å². The van der Waals surface area contributed by atoms with Crippen LogP contribution in [0.1, 0.15) is 11.1 Å². The quantitative estimate of drug-likeness (QED) is 0.669. The van der Waals surface area contributed by atoms with E-state index in [1.807, 2.05) is 30.3 Å². The molecule has 0 fully saturated rings. The van der Waals surface area contributed by atoms with Crippen molar-refractivity contribution in [2.75, 3.05) is 13.0 Å². The number of methoxy groups -OCH3 is 1. The van der Waals surface area contributed by atoms with Gasteiger partial charge in [-0.1, -0.05) is 35.9 Å². The normalized spacial score (nSPS) is 12.2. The molecule has 1 nitrogen and oxygen atoms in total. The lowest BCUT2D eigenvalue weighted by Gasteiger charge is -2.15. The molecule has 0 saturated heterocycles. The van der Waals surface area contributed by atoms with Crippen LogP contribution in [0.3, 0.4) is 0 Å². The lowest BCUT2D eigenvalue weighted by molar-refractivity contribution is 0.386. The molecule has 2 aromatic rings. The summed E-state index contributed by atoms with van der Waals surface area (Å²) < 4.78 is 18.6. The molecule has 2 rings (SSSR count). The Labute approximate surface area is 134 Å². The Hall–Kier alpha value is -1.25. The maximum atomic E-state index is 13.7. The summed E-state index contributed by atoms with van der Waals surface area (Å²) in [4.78, 5) is 0. The number of ether oxygens (including phenoxy) is 1. The molecular formula is C17H17Cl2FO. The minimum atomic E-state index is -0.346.